The Balaban J connectivity index is 1.47. The molecular weight excluding hydrogens is 404 g/mol. The lowest BCUT2D eigenvalue weighted by Crippen LogP contribution is -2.16. The number of hydrogen-bond acceptors (Lipinski definition) is 6. The number of aromatic nitrogens is 2. The molecule has 0 spiro atoms. The van der Waals surface area contributed by atoms with Crippen molar-refractivity contribution in [1.82, 2.24) is 9.97 Å². The van der Waals surface area contributed by atoms with Crippen LogP contribution in [0.15, 0.2) is 97.3 Å². The Morgan fingerprint density at radius 1 is 0.806 bits per heavy atom. The summed E-state index contributed by atoms with van der Waals surface area (Å²) in [6.07, 6.45) is 1.58. The van der Waals surface area contributed by atoms with Crippen LogP contribution in [-0.4, -0.2) is 17.1 Å². The van der Waals surface area contributed by atoms with Gasteiger partial charge in [-0.3, -0.25) is 4.84 Å². The summed E-state index contributed by atoms with van der Waals surface area (Å²) in [5.41, 5.74) is 5.00. The molecule has 0 unspecified atom stereocenters. The highest BCUT2D eigenvalue weighted by atomic mass is 32.1. The fraction of sp³-hybridized carbons (Fsp3) is 0.0400. The Labute approximate surface area is 184 Å². The smallest absolute Gasteiger partial charge is 0.179 e. The van der Waals surface area contributed by atoms with E-state index in [-0.39, 0.29) is 0 Å². The fourth-order valence-electron chi connectivity index (χ4n) is 3.41. The molecule has 2 heterocycles. The summed E-state index contributed by atoms with van der Waals surface area (Å²) in [7, 11) is 1.65. The second-order valence-electron chi connectivity index (χ2n) is 6.90. The zero-order valence-electron chi connectivity index (χ0n) is 16.9. The number of benzene rings is 3. The Kier molecular flexibility index (Phi) is 5.31. The van der Waals surface area contributed by atoms with Gasteiger partial charge in [0.25, 0.3) is 0 Å². The molecule has 0 saturated carbocycles. The minimum Gasteiger partial charge on any atom is -0.356 e. The molecule has 2 aromatic heterocycles. The van der Waals surface area contributed by atoms with Gasteiger partial charge >= 0.3 is 0 Å². The maximum atomic E-state index is 5.73. The number of para-hydroxylation sites is 1. The van der Waals surface area contributed by atoms with Crippen LogP contribution in [0.5, 0.6) is 0 Å². The van der Waals surface area contributed by atoms with Gasteiger partial charge in [-0.05, 0) is 48.0 Å². The lowest BCUT2D eigenvalue weighted by atomic mass is 10.2. The minimum absolute atomic E-state index is 0.725. The van der Waals surface area contributed by atoms with Crippen LogP contribution in [0.4, 0.5) is 22.9 Å². The number of anilines is 4. The van der Waals surface area contributed by atoms with Crippen LogP contribution < -0.4 is 10.4 Å². The number of fused-ring (bicyclic) bond motifs is 1. The fourth-order valence-corrected chi connectivity index (χ4v) is 4.50. The summed E-state index contributed by atoms with van der Waals surface area (Å²) in [5, 5.41) is 5.13. The molecule has 0 aliphatic heterocycles. The molecule has 3 aromatic carbocycles. The van der Waals surface area contributed by atoms with Crippen LogP contribution in [0.2, 0.25) is 0 Å². The van der Waals surface area contributed by atoms with Gasteiger partial charge in [-0.15, -0.1) is 11.3 Å². The first-order valence-corrected chi connectivity index (χ1v) is 10.7. The first-order valence-electron chi connectivity index (χ1n) is 9.88. The Morgan fingerprint density at radius 3 is 2.19 bits per heavy atom. The van der Waals surface area contributed by atoms with Crippen molar-refractivity contribution in [2.75, 3.05) is 17.5 Å². The van der Waals surface area contributed by atoms with Crippen molar-refractivity contribution >= 4 is 44.4 Å². The third-order valence-electron chi connectivity index (χ3n) is 4.89. The van der Waals surface area contributed by atoms with Gasteiger partial charge in [-0.1, -0.05) is 48.5 Å². The number of thiophene rings is 1. The van der Waals surface area contributed by atoms with Crippen molar-refractivity contribution in [2.24, 2.45) is 0 Å². The number of hydrogen-bond donors (Lipinski definition) is 1. The predicted molar refractivity (Wildman–Crippen MR) is 128 cm³/mol. The summed E-state index contributed by atoms with van der Waals surface area (Å²) in [5.74, 6) is 0.725. The van der Waals surface area contributed by atoms with E-state index in [2.05, 4.69) is 33.5 Å². The van der Waals surface area contributed by atoms with Gasteiger partial charge in [0, 0.05) is 16.3 Å². The average Bonchev–Trinajstić information content (AvgIpc) is 3.27. The molecule has 152 valence electrons. The molecule has 0 fully saturated rings. The molecule has 1 N–H and O–H groups in total. The second kappa shape index (κ2) is 8.55. The molecule has 31 heavy (non-hydrogen) atoms. The highest BCUT2D eigenvalue weighted by Crippen LogP contribution is 2.39. The standard InChI is InChI=1S/C25H20N4OS/c1-30-29(21-14-12-20(13-15-21)28-19-10-6-3-7-11-19)25-24-22(26-17-27-25)16-23(31-24)18-8-4-2-5-9-18/h2-17,28H,1H3. The molecule has 0 aliphatic rings. The Morgan fingerprint density at radius 2 is 1.48 bits per heavy atom. The van der Waals surface area contributed by atoms with Gasteiger partial charge < -0.3 is 5.32 Å². The van der Waals surface area contributed by atoms with Crippen LogP contribution >= 0.6 is 11.3 Å². The lowest BCUT2D eigenvalue weighted by molar-refractivity contribution is 0.200. The molecule has 6 heteroatoms. The van der Waals surface area contributed by atoms with Gasteiger partial charge in [0.1, 0.15) is 6.33 Å². The second-order valence-corrected chi connectivity index (χ2v) is 7.96. The summed E-state index contributed by atoms with van der Waals surface area (Å²) in [4.78, 5) is 15.9. The van der Waals surface area contributed by atoms with E-state index in [9.17, 15) is 0 Å². The quantitative estimate of drug-likeness (QED) is 0.304. The normalized spacial score (nSPS) is 10.9. The van der Waals surface area contributed by atoms with E-state index in [1.54, 1.807) is 29.8 Å². The van der Waals surface area contributed by atoms with E-state index in [4.69, 9.17) is 4.84 Å². The van der Waals surface area contributed by atoms with Crippen molar-refractivity contribution < 1.29 is 4.84 Å². The van der Waals surface area contributed by atoms with Gasteiger partial charge in [0.15, 0.2) is 5.82 Å². The summed E-state index contributed by atoms with van der Waals surface area (Å²) >= 11 is 1.66. The van der Waals surface area contributed by atoms with Gasteiger partial charge in [0.05, 0.1) is 23.0 Å². The Hall–Kier alpha value is -3.74. The molecular formula is C25H20N4OS. The molecule has 5 aromatic rings. The van der Waals surface area contributed by atoms with E-state index < -0.39 is 0 Å². The maximum Gasteiger partial charge on any atom is 0.179 e. The van der Waals surface area contributed by atoms with E-state index in [0.717, 1.165) is 43.5 Å². The molecule has 0 saturated heterocycles. The maximum absolute atomic E-state index is 5.73. The first kappa shape index (κ1) is 19.2. The minimum atomic E-state index is 0.725. The highest BCUT2D eigenvalue weighted by molar-refractivity contribution is 7.22. The third-order valence-corrected chi connectivity index (χ3v) is 6.06. The van der Waals surface area contributed by atoms with E-state index in [1.165, 1.54) is 0 Å². The van der Waals surface area contributed by atoms with Crippen molar-refractivity contribution in [3.63, 3.8) is 0 Å². The van der Waals surface area contributed by atoms with E-state index >= 15 is 0 Å². The van der Waals surface area contributed by atoms with Gasteiger partial charge in [-0.2, -0.15) is 0 Å². The van der Waals surface area contributed by atoms with E-state index in [1.807, 2.05) is 72.8 Å². The Bertz CT molecular complexity index is 1290. The first-order chi connectivity index (χ1) is 15.3. The van der Waals surface area contributed by atoms with Gasteiger partial charge in [-0.25, -0.2) is 15.0 Å². The average molecular weight is 425 g/mol. The van der Waals surface area contributed by atoms with Crippen molar-refractivity contribution in [3.05, 3.63) is 97.3 Å². The molecule has 0 aliphatic carbocycles. The van der Waals surface area contributed by atoms with Crippen LogP contribution in [0.1, 0.15) is 0 Å². The summed E-state index contributed by atoms with van der Waals surface area (Å²) < 4.78 is 0.981. The highest BCUT2D eigenvalue weighted by Gasteiger charge is 2.17. The van der Waals surface area contributed by atoms with E-state index in [0.29, 0.717) is 0 Å². The zero-order chi connectivity index (χ0) is 21.0. The van der Waals surface area contributed by atoms with Crippen LogP contribution in [0.3, 0.4) is 0 Å². The summed E-state index contributed by atoms with van der Waals surface area (Å²) in [6, 6.07) is 30.6. The molecule has 5 nitrogen and oxygen atoms in total. The van der Waals surface area contributed by atoms with Crippen LogP contribution in [-0.2, 0) is 4.84 Å². The number of nitrogens with one attached hydrogen (secondary N) is 1. The number of nitrogens with zero attached hydrogens (tertiary/aromatic N) is 3. The van der Waals surface area contributed by atoms with Crippen LogP contribution in [0.25, 0.3) is 20.7 Å². The van der Waals surface area contributed by atoms with Crippen molar-refractivity contribution in [1.29, 1.82) is 0 Å². The molecule has 0 bridgehead atoms. The molecule has 0 amide bonds. The van der Waals surface area contributed by atoms with Crippen LogP contribution in [0, 0.1) is 0 Å². The van der Waals surface area contributed by atoms with Crippen molar-refractivity contribution in [2.45, 2.75) is 0 Å². The molecule has 0 atom stereocenters. The van der Waals surface area contributed by atoms with Crippen molar-refractivity contribution in [3.8, 4) is 10.4 Å². The number of rotatable bonds is 6. The third kappa shape index (κ3) is 3.99. The zero-order valence-corrected chi connectivity index (χ0v) is 17.7. The van der Waals surface area contributed by atoms with Gasteiger partial charge in [0.2, 0.25) is 0 Å². The molecule has 0 radical (unpaired) electrons. The lowest BCUT2D eigenvalue weighted by Gasteiger charge is -2.21. The largest absolute Gasteiger partial charge is 0.356 e. The summed E-state index contributed by atoms with van der Waals surface area (Å²) in [6.45, 7) is 0. The monoisotopic (exact) mass is 424 g/mol. The topological polar surface area (TPSA) is 50.3 Å². The SMILES string of the molecule is CON(c1ccc(Nc2ccccc2)cc1)c1ncnc2cc(-c3ccccc3)sc12. The predicted octanol–water partition coefficient (Wildman–Crippen LogP) is 6.80. The molecule has 5 rings (SSSR count).